The molecular formula is C22H24N4O4. The molecule has 30 heavy (non-hydrogen) atoms. The van der Waals surface area contributed by atoms with E-state index in [0.717, 1.165) is 11.0 Å². The Kier molecular flexibility index (Phi) is 5.31. The minimum absolute atomic E-state index is 0.116. The van der Waals surface area contributed by atoms with Crippen molar-refractivity contribution in [1.82, 2.24) is 15.3 Å². The van der Waals surface area contributed by atoms with E-state index in [1.165, 1.54) is 7.11 Å². The van der Waals surface area contributed by atoms with Gasteiger partial charge in [0.15, 0.2) is 0 Å². The summed E-state index contributed by atoms with van der Waals surface area (Å²) in [6.45, 7) is 2.16. The largest absolute Gasteiger partial charge is 0.497 e. The normalized spacial score (nSPS) is 17.2. The first-order valence-corrected chi connectivity index (χ1v) is 9.77. The summed E-state index contributed by atoms with van der Waals surface area (Å²) in [5.74, 6) is 1.11. The number of hydrogen-bond acceptors (Lipinski definition) is 5. The molecule has 0 aliphatic carbocycles. The Morgan fingerprint density at radius 2 is 2.03 bits per heavy atom. The maximum Gasteiger partial charge on any atom is 0.227 e. The van der Waals surface area contributed by atoms with Gasteiger partial charge in [0.1, 0.15) is 17.3 Å². The van der Waals surface area contributed by atoms with Gasteiger partial charge in [-0.05, 0) is 31.2 Å². The van der Waals surface area contributed by atoms with Crippen LogP contribution in [0.15, 0.2) is 42.5 Å². The average molecular weight is 408 g/mol. The maximum absolute atomic E-state index is 12.8. The minimum atomic E-state index is -0.448. The van der Waals surface area contributed by atoms with Crippen LogP contribution in [0.25, 0.3) is 11.0 Å². The number of rotatable bonds is 6. The third-order valence-electron chi connectivity index (χ3n) is 5.35. The molecule has 0 bridgehead atoms. The molecule has 4 rings (SSSR count). The van der Waals surface area contributed by atoms with Crippen molar-refractivity contribution in [2.75, 3.05) is 25.7 Å². The average Bonchev–Trinajstić information content (AvgIpc) is 3.37. The third kappa shape index (κ3) is 3.68. The molecule has 2 atom stereocenters. The summed E-state index contributed by atoms with van der Waals surface area (Å²) in [4.78, 5) is 34.8. The molecule has 1 fully saturated rings. The van der Waals surface area contributed by atoms with Gasteiger partial charge in [-0.25, -0.2) is 4.98 Å². The lowest BCUT2D eigenvalue weighted by Crippen LogP contribution is -2.35. The number of hydrogen-bond donors (Lipinski definition) is 2. The highest BCUT2D eigenvalue weighted by molar-refractivity contribution is 6.01. The number of ether oxygens (including phenoxy) is 2. The topological polar surface area (TPSA) is 96.5 Å². The molecule has 8 nitrogen and oxygen atoms in total. The number of amides is 2. The van der Waals surface area contributed by atoms with Gasteiger partial charge in [0.05, 0.1) is 42.9 Å². The first-order valence-electron chi connectivity index (χ1n) is 9.77. The number of carbonyl (C=O) groups is 2. The van der Waals surface area contributed by atoms with Crippen molar-refractivity contribution in [2.45, 2.75) is 19.4 Å². The molecule has 2 amide bonds. The lowest BCUT2D eigenvalue weighted by molar-refractivity contribution is -0.126. The Morgan fingerprint density at radius 1 is 1.23 bits per heavy atom. The summed E-state index contributed by atoms with van der Waals surface area (Å²) >= 11 is 0. The summed E-state index contributed by atoms with van der Waals surface area (Å²) < 4.78 is 10.6. The van der Waals surface area contributed by atoms with Crippen LogP contribution in [0, 0.1) is 5.92 Å². The molecule has 1 aliphatic heterocycles. The number of para-hydroxylation sites is 2. The highest BCUT2D eigenvalue weighted by atomic mass is 16.5. The van der Waals surface area contributed by atoms with Crippen molar-refractivity contribution in [3.8, 4) is 11.5 Å². The summed E-state index contributed by atoms with van der Waals surface area (Å²) in [7, 11) is 3.11. The summed E-state index contributed by atoms with van der Waals surface area (Å²) in [6, 6.07) is 12.7. The summed E-state index contributed by atoms with van der Waals surface area (Å²) in [6.07, 6.45) is 0.147. The second-order valence-electron chi connectivity index (χ2n) is 7.31. The van der Waals surface area contributed by atoms with Crippen LogP contribution in [0.4, 0.5) is 5.69 Å². The monoisotopic (exact) mass is 408 g/mol. The number of aromatic nitrogens is 2. The highest BCUT2D eigenvalue weighted by Crippen LogP contribution is 2.36. The quantitative estimate of drug-likeness (QED) is 0.654. The number of methoxy groups -OCH3 is 2. The number of fused-ring (bicyclic) bond motifs is 1. The van der Waals surface area contributed by atoms with Crippen LogP contribution in [0.3, 0.4) is 0 Å². The number of benzene rings is 2. The first kappa shape index (κ1) is 19.8. The van der Waals surface area contributed by atoms with Crippen LogP contribution in [-0.2, 0) is 9.59 Å². The number of nitrogens with one attached hydrogen (secondary N) is 2. The highest BCUT2D eigenvalue weighted by Gasteiger charge is 2.37. The molecule has 0 radical (unpaired) electrons. The molecule has 2 N–H and O–H groups in total. The van der Waals surface area contributed by atoms with Crippen molar-refractivity contribution >= 4 is 28.5 Å². The van der Waals surface area contributed by atoms with E-state index < -0.39 is 5.92 Å². The van der Waals surface area contributed by atoms with Crippen molar-refractivity contribution in [3.63, 3.8) is 0 Å². The summed E-state index contributed by atoms with van der Waals surface area (Å²) in [5.41, 5.74) is 2.40. The Balaban J connectivity index is 1.46. The molecule has 0 spiro atoms. The van der Waals surface area contributed by atoms with Gasteiger partial charge in [0, 0.05) is 19.0 Å². The van der Waals surface area contributed by atoms with Gasteiger partial charge in [0.25, 0.3) is 0 Å². The molecular weight excluding hydrogens is 384 g/mol. The lowest BCUT2D eigenvalue weighted by Gasteiger charge is -2.20. The van der Waals surface area contributed by atoms with Crippen molar-refractivity contribution < 1.29 is 19.1 Å². The lowest BCUT2D eigenvalue weighted by atomic mass is 10.1. The zero-order valence-corrected chi connectivity index (χ0v) is 17.1. The zero-order chi connectivity index (χ0) is 21.3. The third-order valence-corrected chi connectivity index (χ3v) is 5.35. The molecule has 3 aromatic rings. The van der Waals surface area contributed by atoms with E-state index in [9.17, 15) is 9.59 Å². The zero-order valence-electron chi connectivity index (χ0n) is 17.1. The van der Waals surface area contributed by atoms with Gasteiger partial charge in [-0.2, -0.15) is 0 Å². The van der Waals surface area contributed by atoms with Crippen LogP contribution in [-0.4, -0.2) is 42.5 Å². The molecule has 1 aromatic heterocycles. The van der Waals surface area contributed by atoms with Gasteiger partial charge in [-0.3, -0.25) is 9.59 Å². The standard InChI is InChI=1S/C22H24N4O4/c1-13(21-24-16-6-4-5-7-17(16)25-21)23-22(28)14-10-20(27)26(12-14)18-9-8-15(29-2)11-19(18)30-3/h4-9,11,13-14H,10,12H2,1-3H3,(H,23,28)(H,24,25). The molecule has 2 unspecified atom stereocenters. The Bertz CT molecular complexity index is 1060. The van der Waals surface area contributed by atoms with Crippen LogP contribution in [0.1, 0.15) is 25.2 Å². The van der Waals surface area contributed by atoms with E-state index in [1.54, 1.807) is 30.2 Å². The van der Waals surface area contributed by atoms with Gasteiger partial charge in [-0.1, -0.05) is 12.1 Å². The van der Waals surface area contributed by atoms with Crippen molar-refractivity contribution in [1.29, 1.82) is 0 Å². The van der Waals surface area contributed by atoms with Crippen LogP contribution >= 0.6 is 0 Å². The van der Waals surface area contributed by atoms with E-state index >= 15 is 0 Å². The Morgan fingerprint density at radius 3 is 2.77 bits per heavy atom. The van der Waals surface area contributed by atoms with E-state index in [0.29, 0.717) is 29.6 Å². The second-order valence-corrected chi connectivity index (χ2v) is 7.31. The molecule has 1 saturated heterocycles. The van der Waals surface area contributed by atoms with Gasteiger partial charge in [0.2, 0.25) is 11.8 Å². The Hall–Kier alpha value is -3.55. The van der Waals surface area contributed by atoms with E-state index in [2.05, 4.69) is 15.3 Å². The fourth-order valence-electron chi connectivity index (χ4n) is 3.70. The fourth-order valence-corrected chi connectivity index (χ4v) is 3.70. The SMILES string of the molecule is COc1ccc(N2CC(C(=O)NC(C)c3nc4ccccc4[nH]3)CC2=O)c(OC)c1. The first-order chi connectivity index (χ1) is 14.5. The van der Waals surface area contributed by atoms with E-state index in [4.69, 9.17) is 9.47 Å². The van der Waals surface area contributed by atoms with Crippen molar-refractivity contribution in [2.24, 2.45) is 5.92 Å². The number of carbonyl (C=O) groups excluding carboxylic acids is 2. The smallest absolute Gasteiger partial charge is 0.227 e. The van der Waals surface area contributed by atoms with E-state index in [-0.39, 0.29) is 24.3 Å². The van der Waals surface area contributed by atoms with Gasteiger partial charge in [-0.15, -0.1) is 0 Å². The predicted octanol–water partition coefficient (Wildman–Crippen LogP) is 2.81. The minimum Gasteiger partial charge on any atom is -0.497 e. The molecule has 156 valence electrons. The fraction of sp³-hybridized carbons (Fsp3) is 0.318. The number of nitrogens with zero attached hydrogens (tertiary/aromatic N) is 2. The molecule has 2 heterocycles. The van der Waals surface area contributed by atoms with Gasteiger partial charge >= 0.3 is 0 Å². The molecule has 8 heteroatoms. The Labute approximate surface area is 174 Å². The predicted molar refractivity (Wildman–Crippen MR) is 113 cm³/mol. The number of anilines is 1. The van der Waals surface area contributed by atoms with Crippen molar-refractivity contribution in [3.05, 3.63) is 48.3 Å². The molecule has 2 aromatic carbocycles. The molecule has 0 saturated carbocycles. The van der Waals surface area contributed by atoms with E-state index in [1.807, 2.05) is 31.2 Å². The second kappa shape index (κ2) is 8.06. The maximum atomic E-state index is 12.8. The van der Waals surface area contributed by atoms with Crippen LogP contribution < -0.4 is 19.7 Å². The van der Waals surface area contributed by atoms with Crippen LogP contribution in [0.2, 0.25) is 0 Å². The number of imidazole rings is 1. The summed E-state index contributed by atoms with van der Waals surface area (Å²) in [5, 5.41) is 2.98. The number of aromatic amines is 1. The van der Waals surface area contributed by atoms with Crippen LogP contribution in [0.5, 0.6) is 11.5 Å². The molecule has 1 aliphatic rings. The number of H-pyrrole nitrogens is 1. The van der Waals surface area contributed by atoms with Gasteiger partial charge < -0.3 is 24.7 Å².